The van der Waals surface area contributed by atoms with E-state index >= 15 is 0 Å². The van der Waals surface area contributed by atoms with Gasteiger partial charge < -0.3 is 18.3 Å². The molecule has 0 saturated carbocycles. The van der Waals surface area contributed by atoms with Crippen LogP contribution in [0.2, 0.25) is 0 Å². The average Bonchev–Trinajstić information content (AvgIpc) is 1.54. The van der Waals surface area contributed by atoms with Crippen LogP contribution in [0.25, 0.3) is 116 Å². The fraction of sp³-hybridized carbons (Fsp3) is 0.207. The number of rotatable bonds is 8. The number of aromatic nitrogens is 12. The van der Waals surface area contributed by atoms with Crippen molar-refractivity contribution in [3.63, 3.8) is 0 Å². The van der Waals surface area contributed by atoms with Crippen LogP contribution >= 0.6 is 0 Å². The first-order chi connectivity index (χ1) is 50.3. The van der Waals surface area contributed by atoms with Gasteiger partial charge in [0.1, 0.15) is 23.3 Å². The van der Waals surface area contributed by atoms with E-state index in [0.717, 1.165) is 45.8 Å². The molecule has 13 nitrogen and oxygen atoms in total. The second-order valence-electron chi connectivity index (χ2n) is 29.1. The second kappa shape index (κ2) is 29.2. The molecule has 0 atom stereocenters. The smallest absolute Gasteiger partial charge is 0.217 e. The summed E-state index contributed by atoms with van der Waals surface area (Å²) >= 11 is 0. The van der Waals surface area contributed by atoms with Crippen molar-refractivity contribution in [2.45, 2.75) is 102 Å². The highest BCUT2D eigenvalue weighted by molar-refractivity contribution is 5.84. The number of fused-ring (bicyclic) bond motifs is 4. The molecule has 0 aliphatic heterocycles. The molecule has 16 rings (SSSR count). The Morgan fingerprint density at radius 2 is 0.676 bits per heavy atom. The van der Waals surface area contributed by atoms with Gasteiger partial charge in [0.25, 0.3) is 0 Å². The average molecular weight is 1380 g/mol. The van der Waals surface area contributed by atoms with Crippen molar-refractivity contribution in [1.82, 2.24) is 38.2 Å². The zero-order chi connectivity index (χ0) is 74.3. The van der Waals surface area contributed by atoms with Gasteiger partial charge in [-0.05, 0) is 141 Å². The SMILES string of the molecule is Cc1c(-c2nccn2C)cc(C(C)(C)C)cc1-[n+]1cc2ccccc2cc1C.Cc1cc(-c2nccn2C)c(C)c(-[n+]2cc3ccccc3cc2C)c1.Cc1cc(C)c(-[n+]2cc3ccccc3cc2C)c(C)c1-c1nccn1C.[C-]#[N+]c1cc(-c2nccn2C)c(C)c(-[n+]2cc3ccccc3cc2C)c1. The van der Waals surface area contributed by atoms with Crippen LogP contribution in [0.4, 0.5) is 5.69 Å². The van der Waals surface area contributed by atoms with E-state index in [-0.39, 0.29) is 5.41 Å². The predicted octanol–water partition coefficient (Wildman–Crippen LogP) is 19.3. The Balaban J connectivity index is 0.000000124. The number of nitrogens with zero attached hydrogens (tertiary/aromatic N) is 13. The van der Waals surface area contributed by atoms with E-state index in [2.05, 4.69) is 338 Å². The number of benzene rings is 8. The number of imidazole rings is 4. The van der Waals surface area contributed by atoms with Gasteiger partial charge in [0.15, 0.2) is 53.3 Å². The third-order valence-electron chi connectivity index (χ3n) is 20.5. The molecule has 105 heavy (non-hydrogen) atoms. The van der Waals surface area contributed by atoms with Crippen molar-refractivity contribution in [2.24, 2.45) is 28.2 Å². The lowest BCUT2D eigenvalue weighted by Gasteiger charge is -2.21. The Bertz CT molecular complexity index is 6060. The summed E-state index contributed by atoms with van der Waals surface area (Å²) in [5, 5.41) is 9.92. The molecule has 16 aromatic rings. The molecule has 0 radical (unpaired) electrons. The molecular formula is C92H93N13+4. The van der Waals surface area contributed by atoms with Gasteiger partial charge in [-0.1, -0.05) is 93.6 Å². The van der Waals surface area contributed by atoms with Crippen LogP contribution in [0.3, 0.4) is 0 Å². The van der Waals surface area contributed by atoms with E-state index in [1.54, 1.807) is 6.20 Å². The lowest BCUT2D eigenvalue weighted by molar-refractivity contribution is -0.602. The first-order valence-corrected chi connectivity index (χ1v) is 35.8. The van der Waals surface area contributed by atoms with Gasteiger partial charge >= 0.3 is 0 Å². The summed E-state index contributed by atoms with van der Waals surface area (Å²) in [4.78, 5) is 21.9. The zero-order valence-corrected chi connectivity index (χ0v) is 63.8. The van der Waals surface area contributed by atoms with Crippen molar-refractivity contribution in [3.05, 3.63) is 317 Å². The Hall–Kier alpha value is -12.3. The fourth-order valence-corrected chi connectivity index (χ4v) is 14.7. The molecule has 0 aliphatic carbocycles. The third kappa shape index (κ3) is 14.2. The van der Waals surface area contributed by atoms with Crippen molar-refractivity contribution < 1.29 is 18.3 Å². The van der Waals surface area contributed by atoms with E-state index < -0.39 is 0 Å². The molecule has 0 amide bonds. The van der Waals surface area contributed by atoms with Crippen LogP contribution in [0, 0.1) is 82.7 Å². The maximum atomic E-state index is 7.52. The highest BCUT2D eigenvalue weighted by Crippen LogP contribution is 2.36. The Morgan fingerprint density at radius 3 is 1.05 bits per heavy atom. The summed E-state index contributed by atoms with van der Waals surface area (Å²) in [5.74, 6) is 3.89. The summed E-state index contributed by atoms with van der Waals surface area (Å²) in [6.07, 6.45) is 24.2. The minimum atomic E-state index is 0.0493. The van der Waals surface area contributed by atoms with Crippen molar-refractivity contribution in [2.75, 3.05) is 0 Å². The van der Waals surface area contributed by atoms with Crippen LogP contribution in [-0.2, 0) is 33.6 Å². The first-order valence-electron chi connectivity index (χ1n) is 35.8. The number of pyridine rings is 4. The molecule has 0 fully saturated rings. The van der Waals surface area contributed by atoms with Crippen LogP contribution in [0.1, 0.15) is 88.1 Å². The summed E-state index contributed by atoms with van der Waals surface area (Å²) in [6, 6.07) is 58.1. The molecule has 8 aromatic heterocycles. The predicted molar refractivity (Wildman–Crippen MR) is 428 cm³/mol. The molecule has 0 N–H and O–H groups in total. The summed E-state index contributed by atoms with van der Waals surface area (Å²) in [7, 11) is 8.12. The topological polar surface area (TPSA) is 91.2 Å². The van der Waals surface area contributed by atoms with Crippen molar-refractivity contribution in [3.8, 4) is 68.3 Å². The molecule has 8 aromatic carbocycles. The normalized spacial score (nSPS) is 11.3. The van der Waals surface area contributed by atoms with E-state index in [9.17, 15) is 0 Å². The monoisotopic (exact) mass is 1380 g/mol. The van der Waals surface area contributed by atoms with Gasteiger partial charge in [0.05, 0.1) is 6.57 Å². The van der Waals surface area contributed by atoms with E-state index in [4.69, 9.17) is 6.57 Å². The molecule has 0 bridgehead atoms. The van der Waals surface area contributed by atoms with Gasteiger partial charge in [0.2, 0.25) is 22.7 Å². The zero-order valence-electron chi connectivity index (χ0n) is 63.8. The Labute approximate surface area is 617 Å². The quantitative estimate of drug-likeness (QED) is 0.112. The van der Waals surface area contributed by atoms with Crippen LogP contribution in [0.15, 0.2) is 238 Å². The first kappa shape index (κ1) is 71.1. The molecule has 522 valence electrons. The van der Waals surface area contributed by atoms with Gasteiger partial charge in [-0.2, -0.15) is 18.3 Å². The highest BCUT2D eigenvalue weighted by Gasteiger charge is 2.28. The third-order valence-corrected chi connectivity index (χ3v) is 20.5. The van der Waals surface area contributed by atoms with Crippen molar-refractivity contribution >= 4 is 48.8 Å². The lowest BCUT2D eigenvalue weighted by Crippen LogP contribution is -2.36. The number of aryl methyl sites for hydroxylation is 11. The van der Waals surface area contributed by atoms with Gasteiger partial charge in [-0.15, -0.1) is 0 Å². The Morgan fingerprint density at radius 1 is 0.343 bits per heavy atom. The molecular weight excluding hydrogens is 1290 g/mol. The molecule has 0 saturated heterocycles. The van der Waals surface area contributed by atoms with Crippen LogP contribution in [-0.4, -0.2) is 38.2 Å². The van der Waals surface area contributed by atoms with E-state index in [1.807, 2.05) is 80.2 Å². The van der Waals surface area contributed by atoms with Gasteiger partial charge in [0, 0.05) is 220 Å². The largest absolute Gasteiger partial charge is 0.334 e. The molecule has 0 spiro atoms. The van der Waals surface area contributed by atoms with Crippen LogP contribution < -0.4 is 18.3 Å². The van der Waals surface area contributed by atoms with E-state index in [0.29, 0.717) is 5.69 Å². The summed E-state index contributed by atoms with van der Waals surface area (Å²) in [5.41, 5.74) is 24.7. The summed E-state index contributed by atoms with van der Waals surface area (Å²) in [6.45, 7) is 38.1. The molecule has 13 heteroatoms. The highest BCUT2D eigenvalue weighted by atomic mass is 15.1. The van der Waals surface area contributed by atoms with Crippen LogP contribution in [0.5, 0.6) is 0 Å². The molecule has 0 unspecified atom stereocenters. The van der Waals surface area contributed by atoms with Crippen molar-refractivity contribution in [1.29, 1.82) is 0 Å². The Kier molecular flexibility index (Phi) is 19.8. The minimum absolute atomic E-state index is 0.0493. The van der Waals surface area contributed by atoms with Gasteiger partial charge in [-0.3, -0.25) is 0 Å². The second-order valence-corrected chi connectivity index (χ2v) is 29.1. The molecule has 8 heterocycles. The van der Waals surface area contributed by atoms with E-state index in [1.165, 1.54) is 133 Å². The number of hydrogen-bond donors (Lipinski definition) is 0. The number of hydrogen-bond acceptors (Lipinski definition) is 4. The lowest BCUT2D eigenvalue weighted by atomic mass is 9.84. The standard InChI is InChI=1S/C25H28N3.C23H24N3.C22H19N4.C22H22N3/c1-17-13-19-9-7-8-10-20(19)16-28(17)23-15-21(25(3,4)5)14-22(18(23)2)24-26-11-12-27(24)6;1-15-12-16(2)22(18(4)21(15)23-24-10-11-25(23)5)26-14-20-9-7-6-8-19(20)13-17(26)3;1-15-11-17-7-5-6-8-18(17)14-26(15)21-13-19(23-3)12-20(16(21)2)22-24-9-10-25(22)4;1-15-11-20(22-23-9-10-24(22)4)17(3)21(12-15)25-14-19-8-6-5-7-18(19)13-16(25)2/h7-16H,1-6H3;6-14H,1-5H3;5-14H,1-2,4H3;5-14H,1-4H3/q4*+1. The minimum Gasteiger partial charge on any atom is -0.334 e. The fourth-order valence-electron chi connectivity index (χ4n) is 14.7. The summed E-state index contributed by atoms with van der Waals surface area (Å²) < 4.78 is 17.3. The maximum absolute atomic E-state index is 7.52. The maximum Gasteiger partial charge on any atom is 0.217 e. The van der Waals surface area contributed by atoms with Gasteiger partial charge in [-0.25, -0.2) is 24.8 Å². The molecule has 0 aliphatic rings.